The molecule has 0 aliphatic carbocycles. The summed E-state index contributed by atoms with van der Waals surface area (Å²) in [5.74, 6) is 0.927. The van der Waals surface area contributed by atoms with Gasteiger partial charge in [0.25, 0.3) is 0 Å². The molecule has 1 aliphatic heterocycles. The second-order valence-corrected chi connectivity index (χ2v) is 5.52. The van der Waals surface area contributed by atoms with E-state index < -0.39 is 0 Å². The standard InChI is InChI=1S/C16H26N2O/c1-5-15-10-17-12(2)11-18(15)13(3)14-6-8-16(19-4)9-7-14/h6-9,12-13,15,17H,5,10-11H2,1-4H3. The molecule has 1 heterocycles. The minimum absolute atomic E-state index is 0.459. The maximum Gasteiger partial charge on any atom is 0.118 e. The van der Waals surface area contributed by atoms with Crippen LogP contribution < -0.4 is 10.1 Å². The van der Waals surface area contributed by atoms with Crippen LogP contribution in [-0.4, -0.2) is 37.2 Å². The summed E-state index contributed by atoms with van der Waals surface area (Å²) in [5.41, 5.74) is 1.37. The quantitative estimate of drug-likeness (QED) is 0.903. The van der Waals surface area contributed by atoms with Gasteiger partial charge in [0, 0.05) is 31.2 Å². The Morgan fingerprint density at radius 2 is 2.05 bits per heavy atom. The number of nitrogens with zero attached hydrogens (tertiary/aromatic N) is 1. The molecular formula is C16H26N2O. The summed E-state index contributed by atoms with van der Waals surface area (Å²) in [6, 6.07) is 10.1. The van der Waals surface area contributed by atoms with E-state index in [2.05, 4.69) is 55.3 Å². The Labute approximate surface area is 116 Å². The van der Waals surface area contributed by atoms with Crippen LogP contribution in [0.2, 0.25) is 0 Å². The molecule has 1 aromatic carbocycles. The molecule has 106 valence electrons. The highest BCUT2D eigenvalue weighted by molar-refractivity contribution is 5.29. The smallest absolute Gasteiger partial charge is 0.118 e. The van der Waals surface area contributed by atoms with Gasteiger partial charge in [0.05, 0.1) is 7.11 Å². The Hall–Kier alpha value is -1.06. The fraction of sp³-hybridized carbons (Fsp3) is 0.625. The zero-order chi connectivity index (χ0) is 13.8. The molecule has 0 spiro atoms. The van der Waals surface area contributed by atoms with Gasteiger partial charge in [0.1, 0.15) is 5.75 Å². The molecule has 3 unspecified atom stereocenters. The SMILES string of the molecule is CCC1CNC(C)CN1C(C)c1ccc(OC)cc1. The van der Waals surface area contributed by atoms with Crippen LogP contribution in [0.5, 0.6) is 5.75 Å². The van der Waals surface area contributed by atoms with Crippen LogP contribution in [-0.2, 0) is 0 Å². The van der Waals surface area contributed by atoms with E-state index >= 15 is 0 Å². The largest absolute Gasteiger partial charge is 0.497 e. The Morgan fingerprint density at radius 1 is 1.37 bits per heavy atom. The van der Waals surface area contributed by atoms with Gasteiger partial charge >= 0.3 is 0 Å². The van der Waals surface area contributed by atoms with Gasteiger partial charge in [0.2, 0.25) is 0 Å². The zero-order valence-electron chi connectivity index (χ0n) is 12.5. The number of hydrogen-bond acceptors (Lipinski definition) is 3. The molecular weight excluding hydrogens is 236 g/mol. The fourth-order valence-corrected chi connectivity index (χ4v) is 2.91. The van der Waals surface area contributed by atoms with Crippen LogP contribution in [0.15, 0.2) is 24.3 Å². The van der Waals surface area contributed by atoms with E-state index in [0.717, 1.165) is 18.8 Å². The van der Waals surface area contributed by atoms with E-state index in [-0.39, 0.29) is 0 Å². The molecule has 0 bridgehead atoms. The number of rotatable bonds is 4. The van der Waals surface area contributed by atoms with Gasteiger partial charge in [-0.3, -0.25) is 4.90 Å². The normalized spacial score (nSPS) is 26.1. The number of methoxy groups -OCH3 is 1. The molecule has 1 aromatic rings. The van der Waals surface area contributed by atoms with Gasteiger partial charge in [-0.1, -0.05) is 19.1 Å². The van der Waals surface area contributed by atoms with E-state index in [4.69, 9.17) is 4.74 Å². The van der Waals surface area contributed by atoms with Crippen LogP contribution >= 0.6 is 0 Å². The van der Waals surface area contributed by atoms with Crippen molar-refractivity contribution >= 4 is 0 Å². The first kappa shape index (κ1) is 14.4. The van der Waals surface area contributed by atoms with Crippen molar-refractivity contribution in [2.24, 2.45) is 0 Å². The first-order chi connectivity index (χ1) is 9.15. The fourth-order valence-electron chi connectivity index (χ4n) is 2.91. The third-order valence-electron chi connectivity index (χ3n) is 4.22. The first-order valence-electron chi connectivity index (χ1n) is 7.28. The Kier molecular flexibility index (Phi) is 4.83. The molecule has 0 amide bonds. The van der Waals surface area contributed by atoms with Crippen molar-refractivity contribution in [2.45, 2.75) is 45.3 Å². The summed E-state index contributed by atoms with van der Waals surface area (Å²) in [5, 5.41) is 3.58. The molecule has 0 radical (unpaired) electrons. The second kappa shape index (κ2) is 6.40. The van der Waals surface area contributed by atoms with Crippen LogP contribution in [0.25, 0.3) is 0 Å². The maximum atomic E-state index is 5.23. The minimum Gasteiger partial charge on any atom is -0.497 e. The lowest BCUT2D eigenvalue weighted by Crippen LogP contribution is -2.55. The lowest BCUT2D eigenvalue weighted by Gasteiger charge is -2.42. The molecule has 0 aromatic heterocycles. The van der Waals surface area contributed by atoms with Crippen molar-refractivity contribution in [3.8, 4) is 5.75 Å². The van der Waals surface area contributed by atoms with Crippen LogP contribution in [0, 0.1) is 0 Å². The molecule has 1 saturated heterocycles. The van der Waals surface area contributed by atoms with Gasteiger partial charge in [0.15, 0.2) is 0 Å². The van der Waals surface area contributed by atoms with E-state index in [1.54, 1.807) is 7.11 Å². The molecule has 1 aliphatic rings. The number of nitrogens with one attached hydrogen (secondary N) is 1. The Balaban J connectivity index is 2.13. The van der Waals surface area contributed by atoms with Crippen LogP contribution in [0.3, 0.4) is 0 Å². The zero-order valence-corrected chi connectivity index (χ0v) is 12.5. The van der Waals surface area contributed by atoms with Crippen molar-refractivity contribution in [1.29, 1.82) is 0 Å². The maximum absolute atomic E-state index is 5.23. The topological polar surface area (TPSA) is 24.5 Å². The van der Waals surface area contributed by atoms with Crippen molar-refractivity contribution in [3.63, 3.8) is 0 Å². The van der Waals surface area contributed by atoms with Gasteiger partial charge in [-0.05, 0) is 38.0 Å². The van der Waals surface area contributed by atoms with Crippen molar-refractivity contribution < 1.29 is 4.74 Å². The average molecular weight is 262 g/mol. The van der Waals surface area contributed by atoms with Gasteiger partial charge < -0.3 is 10.1 Å². The molecule has 3 nitrogen and oxygen atoms in total. The molecule has 3 heteroatoms. The highest BCUT2D eigenvalue weighted by Gasteiger charge is 2.28. The summed E-state index contributed by atoms with van der Waals surface area (Å²) < 4.78 is 5.23. The van der Waals surface area contributed by atoms with Crippen molar-refractivity contribution in [3.05, 3.63) is 29.8 Å². The molecule has 0 saturated carbocycles. The third kappa shape index (κ3) is 3.28. The van der Waals surface area contributed by atoms with E-state index in [9.17, 15) is 0 Å². The average Bonchev–Trinajstić information content (AvgIpc) is 2.46. The van der Waals surface area contributed by atoms with E-state index in [1.807, 2.05) is 0 Å². The number of hydrogen-bond donors (Lipinski definition) is 1. The van der Waals surface area contributed by atoms with Crippen LogP contribution in [0.1, 0.15) is 38.8 Å². The predicted octanol–water partition coefficient (Wildman–Crippen LogP) is 2.83. The molecule has 1 fully saturated rings. The van der Waals surface area contributed by atoms with Gasteiger partial charge in [-0.2, -0.15) is 0 Å². The highest BCUT2D eigenvalue weighted by Crippen LogP contribution is 2.27. The number of piperazine rings is 1. The van der Waals surface area contributed by atoms with Gasteiger partial charge in [-0.15, -0.1) is 0 Å². The van der Waals surface area contributed by atoms with Crippen molar-refractivity contribution in [1.82, 2.24) is 10.2 Å². The monoisotopic (exact) mass is 262 g/mol. The Bertz CT molecular complexity index is 390. The minimum atomic E-state index is 0.459. The lowest BCUT2D eigenvalue weighted by molar-refractivity contribution is 0.0904. The van der Waals surface area contributed by atoms with Gasteiger partial charge in [-0.25, -0.2) is 0 Å². The molecule has 19 heavy (non-hydrogen) atoms. The molecule has 1 N–H and O–H groups in total. The summed E-state index contributed by atoms with van der Waals surface area (Å²) in [6.45, 7) is 9.06. The number of benzene rings is 1. The van der Waals surface area contributed by atoms with Crippen molar-refractivity contribution in [2.75, 3.05) is 20.2 Å². The summed E-state index contributed by atoms with van der Waals surface area (Å²) in [7, 11) is 1.71. The lowest BCUT2D eigenvalue weighted by atomic mass is 10.00. The molecule has 2 rings (SSSR count). The highest BCUT2D eigenvalue weighted by atomic mass is 16.5. The molecule has 3 atom stereocenters. The summed E-state index contributed by atoms with van der Waals surface area (Å²) >= 11 is 0. The third-order valence-corrected chi connectivity index (χ3v) is 4.22. The first-order valence-corrected chi connectivity index (χ1v) is 7.28. The van der Waals surface area contributed by atoms with E-state index in [0.29, 0.717) is 18.1 Å². The van der Waals surface area contributed by atoms with Crippen LogP contribution in [0.4, 0.5) is 0 Å². The predicted molar refractivity (Wildman–Crippen MR) is 79.7 cm³/mol. The summed E-state index contributed by atoms with van der Waals surface area (Å²) in [4.78, 5) is 2.63. The summed E-state index contributed by atoms with van der Waals surface area (Å²) in [6.07, 6.45) is 1.19. The Morgan fingerprint density at radius 3 is 2.63 bits per heavy atom. The number of ether oxygens (including phenoxy) is 1. The second-order valence-electron chi connectivity index (χ2n) is 5.52. The van der Waals surface area contributed by atoms with E-state index in [1.165, 1.54) is 12.0 Å².